The van der Waals surface area contributed by atoms with Crippen LogP contribution in [0.15, 0.2) is 42.7 Å². The summed E-state index contributed by atoms with van der Waals surface area (Å²) >= 11 is 0. The first kappa shape index (κ1) is 15.0. The zero-order chi connectivity index (χ0) is 15.1. The Bertz CT molecular complexity index is 600. The van der Waals surface area contributed by atoms with Gasteiger partial charge in [-0.15, -0.1) is 0 Å². The summed E-state index contributed by atoms with van der Waals surface area (Å²) in [6.07, 6.45) is 3.51. The molecule has 0 bridgehead atoms. The van der Waals surface area contributed by atoms with Crippen LogP contribution < -0.4 is 10.6 Å². The number of hydrogen-bond donors (Lipinski definition) is 3. The molecule has 0 aliphatic heterocycles. The molecular weight excluding hydrogens is 266 g/mol. The quantitative estimate of drug-likeness (QED) is 0.755. The second-order valence-corrected chi connectivity index (χ2v) is 4.67. The number of carbonyl (C=O) groups excluding carboxylic acids is 1. The van der Waals surface area contributed by atoms with Gasteiger partial charge in [-0.25, -0.2) is 0 Å². The molecule has 0 radical (unpaired) electrons. The van der Waals surface area contributed by atoms with Gasteiger partial charge in [-0.05, 0) is 42.3 Å². The van der Waals surface area contributed by atoms with Gasteiger partial charge in [0.15, 0.2) is 0 Å². The van der Waals surface area contributed by atoms with Crippen molar-refractivity contribution in [2.75, 3.05) is 18.5 Å². The van der Waals surface area contributed by atoms with E-state index in [0.717, 1.165) is 16.8 Å². The Balaban J connectivity index is 2.08. The van der Waals surface area contributed by atoms with Crippen LogP contribution in [0.4, 0.5) is 5.69 Å². The Morgan fingerprint density at radius 2 is 2.00 bits per heavy atom. The van der Waals surface area contributed by atoms with Gasteiger partial charge in [0.05, 0.1) is 6.61 Å². The molecule has 0 spiro atoms. The number of aliphatic hydroxyl groups is 1. The number of anilines is 1. The molecule has 1 amide bonds. The maximum Gasteiger partial charge on any atom is 0.251 e. The van der Waals surface area contributed by atoms with Crippen LogP contribution in [-0.4, -0.2) is 29.1 Å². The molecule has 0 atom stereocenters. The second kappa shape index (κ2) is 7.40. The second-order valence-electron chi connectivity index (χ2n) is 4.67. The fourth-order valence-electron chi connectivity index (χ4n) is 2.04. The van der Waals surface area contributed by atoms with Crippen LogP contribution in [0.25, 0.3) is 0 Å². The Morgan fingerprint density at radius 3 is 2.71 bits per heavy atom. The van der Waals surface area contributed by atoms with E-state index >= 15 is 0 Å². The van der Waals surface area contributed by atoms with Crippen molar-refractivity contribution >= 4 is 11.6 Å². The highest BCUT2D eigenvalue weighted by atomic mass is 16.3. The highest BCUT2D eigenvalue weighted by Gasteiger charge is 2.10. The SMILES string of the molecule is Cc1c(NCc2ccncc2)cccc1C(=O)NCCO. The van der Waals surface area contributed by atoms with Gasteiger partial charge >= 0.3 is 0 Å². The molecule has 21 heavy (non-hydrogen) atoms. The molecule has 0 fully saturated rings. The van der Waals surface area contributed by atoms with E-state index in [9.17, 15) is 4.79 Å². The summed E-state index contributed by atoms with van der Waals surface area (Å²) in [7, 11) is 0. The molecule has 1 aromatic heterocycles. The number of benzene rings is 1. The zero-order valence-electron chi connectivity index (χ0n) is 12.0. The first-order valence-corrected chi connectivity index (χ1v) is 6.84. The number of nitrogens with one attached hydrogen (secondary N) is 2. The molecule has 110 valence electrons. The summed E-state index contributed by atoms with van der Waals surface area (Å²) < 4.78 is 0. The predicted octanol–water partition coefficient (Wildman–Crippen LogP) is 1.72. The third kappa shape index (κ3) is 4.03. The van der Waals surface area contributed by atoms with E-state index in [1.54, 1.807) is 18.5 Å². The molecular formula is C16H19N3O2. The van der Waals surface area contributed by atoms with Gasteiger partial charge in [0, 0.05) is 36.7 Å². The van der Waals surface area contributed by atoms with Gasteiger partial charge in [-0.3, -0.25) is 9.78 Å². The van der Waals surface area contributed by atoms with E-state index in [1.807, 2.05) is 31.2 Å². The molecule has 5 nitrogen and oxygen atoms in total. The molecule has 5 heteroatoms. The lowest BCUT2D eigenvalue weighted by Crippen LogP contribution is -2.27. The molecule has 0 aliphatic carbocycles. The number of nitrogens with zero attached hydrogens (tertiary/aromatic N) is 1. The van der Waals surface area contributed by atoms with Crippen LogP contribution in [0.1, 0.15) is 21.5 Å². The third-order valence-electron chi connectivity index (χ3n) is 3.21. The first-order valence-electron chi connectivity index (χ1n) is 6.84. The number of rotatable bonds is 6. The molecule has 0 saturated carbocycles. The predicted molar refractivity (Wildman–Crippen MR) is 82.2 cm³/mol. The van der Waals surface area contributed by atoms with Gasteiger partial charge in [0.2, 0.25) is 0 Å². The van der Waals surface area contributed by atoms with Gasteiger partial charge in [0.1, 0.15) is 0 Å². The van der Waals surface area contributed by atoms with Crippen molar-refractivity contribution in [3.05, 3.63) is 59.4 Å². The van der Waals surface area contributed by atoms with Crippen LogP contribution in [0, 0.1) is 6.92 Å². The van der Waals surface area contributed by atoms with Gasteiger partial charge in [-0.1, -0.05) is 6.07 Å². The topological polar surface area (TPSA) is 74.2 Å². The highest BCUT2D eigenvalue weighted by molar-refractivity contribution is 5.97. The number of carbonyl (C=O) groups is 1. The third-order valence-corrected chi connectivity index (χ3v) is 3.21. The van der Waals surface area contributed by atoms with E-state index in [2.05, 4.69) is 15.6 Å². The maximum atomic E-state index is 12.0. The van der Waals surface area contributed by atoms with Crippen LogP contribution in [0.5, 0.6) is 0 Å². The van der Waals surface area contributed by atoms with Crippen molar-refractivity contribution < 1.29 is 9.90 Å². The Hall–Kier alpha value is -2.40. The summed E-state index contributed by atoms with van der Waals surface area (Å²) in [6, 6.07) is 9.45. The molecule has 1 aromatic carbocycles. The summed E-state index contributed by atoms with van der Waals surface area (Å²) in [5, 5.41) is 14.8. The van der Waals surface area contributed by atoms with Crippen molar-refractivity contribution in [1.82, 2.24) is 10.3 Å². The lowest BCUT2D eigenvalue weighted by atomic mass is 10.1. The van der Waals surface area contributed by atoms with Crippen molar-refractivity contribution in [1.29, 1.82) is 0 Å². The molecule has 1 heterocycles. The van der Waals surface area contributed by atoms with Crippen molar-refractivity contribution in [2.45, 2.75) is 13.5 Å². The number of hydrogen-bond acceptors (Lipinski definition) is 4. The number of amides is 1. The van der Waals surface area contributed by atoms with Crippen molar-refractivity contribution in [2.24, 2.45) is 0 Å². The fraction of sp³-hybridized carbons (Fsp3) is 0.250. The van der Waals surface area contributed by atoms with Gasteiger partial charge in [0.25, 0.3) is 5.91 Å². The standard InChI is InChI=1S/C16H19N3O2/c1-12-14(16(21)18-9-10-20)3-2-4-15(12)19-11-13-5-7-17-8-6-13/h2-8,19-20H,9-11H2,1H3,(H,18,21). The summed E-state index contributed by atoms with van der Waals surface area (Å²) in [4.78, 5) is 16.0. The molecule has 0 aliphatic rings. The number of aliphatic hydroxyl groups excluding tert-OH is 1. The maximum absolute atomic E-state index is 12.0. The Kier molecular flexibility index (Phi) is 5.29. The van der Waals surface area contributed by atoms with Gasteiger partial charge in [-0.2, -0.15) is 0 Å². The lowest BCUT2D eigenvalue weighted by molar-refractivity contribution is 0.0944. The van der Waals surface area contributed by atoms with Crippen LogP contribution in [0.3, 0.4) is 0 Å². The fourth-order valence-corrected chi connectivity index (χ4v) is 2.04. The van der Waals surface area contributed by atoms with E-state index in [-0.39, 0.29) is 19.1 Å². The Labute approximate surface area is 124 Å². The molecule has 0 saturated heterocycles. The molecule has 2 aromatic rings. The van der Waals surface area contributed by atoms with Crippen LogP contribution >= 0.6 is 0 Å². The minimum absolute atomic E-state index is 0.0647. The Morgan fingerprint density at radius 1 is 1.24 bits per heavy atom. The monoisotopic (exact) mass is 285 g/mol. The molecule has 0 unspecified atom stereocenters. The summed E-state index contributed by atoms with van der Waals surface area (Å²) in [5.74, 6) is -0.172. The normalized spacial score (nSPS) is 10.2. The lowest BCUT2D eigenvalue weighted by Gasteiger charge is -2.13. The number of pyridine rings is 1. The smallest absolute Gasteiger partial charge is 0.251 e. The molecule has 3 N–H and O–H groups in total. The van der Waals surface area contributed by atoms with Crippen LogP contribution in [-0.2, 0) is 6.54 Å². The average Bonchev–Trinajstić information content (AvgIpc) is 2.52. The van der Waals surface area contributed by atoms with Crippen LogP contribution in [0.2, 0.25) is 0 Å². The van der Waals surface area contributed by atoms with Crippen molar-refractivity contribution in [3.8, 4) is 0 Å². The van der Waals surface area contributed by atoms with E-state index < -0.39 is 0 Å². The summed E-state index contributed by atoms with van der Waals surface area (Å²) in [5.41, 5.74) is 3.55. The molecule has 2 rings (SSSR count). The minimum atomic E-state index is -0.172. The van der Waals surface area contributed by atoms with E-state index in [0.29, 0.717) is 12.1 Å². The largest absolute Gasteiger partial charge is 0.395 e. The van der Waals surface area contributed by atoms with Gasteiger partial charge < -0.3 is 15.7 Å². The average molecular weight is 285 g/mol. The number of aromatic nitrogens is 1. The van der Waals surface area contributed by atoms with E-state index in [4.69, 9.17) is 5.11 Å². The van der Waals surface area contributed by atoms with E-state index in [1.165, 1.54) is 0 Å². The summed E-state index contributed by atoms with van der Waals surface area (Å²) in [6.45, 7) is 2.77. The minimum Gasteiger partial charge on any atom is -0.395 e. The zero-order valence-corrected chi connectivity index (χ0v) is 12.0. The highest BCUT2D eigenvalue weighted by Crippen LogP contribution is 2.19. The van der Waals surface area contributed by atoms with Crippen molar-refractivity contribution in [3.63, 3.8) is 0 Å². The first-order chi connectivity index (χ1) is 10.2.